The minimum Gasteiger partial charge on any atom is -0.387 e. The number of aryl methyl sites for hydroxylation is 1. The third-order valence-corrected chi connectivity index (χ3v) is 9.55. The second-order valence-electron chi connectivity index (χ2n) is 6.54. The first-order valence-electron chi connectivity index (χ1n) is 8.65. The molecular weight excluding hydrogens is 489 g/mol. The van der Waals surface area contributed by atoms with E-state index in [9.17, 15) is 43.3 Å². The Morgan fingerprint density at radius 2 is 1.71 bits per heavy atom. The number of hydrogen-bond donors (Lipinski definition) is 5. The zero-order chi connectivity index (χ0) is 23.2. The molecule has 176 valence electrons. The Kier molecular flexibility index (Phi) is 6.95. The molecule has 2 saturated heterocycles. The fraction of sp³-hybridized carbons (Fsp3) is 0.667. The topological polar surface area (TPSA) is 233 Å². The van der Waals surface area contributed by atoms with E-state index in [0.717, 1.165) is 6.20 Å². The van der Waals surface area contributed by atoms with Gasteiger partial charge >= 0.3 is 29.2 Å². The smallest absolute Gasteiger partial charge is 0.387 e. The number of aromatic amines is 1. The van der Waals surface area contributed by atoms with Crippen molar-refractivity contribution in [1.29, 1.82) is 0 Å². The van der Waals surface area contributed by atoms with Crippen LogP contribution in [0.25, 0.3) is 0 Å². The normalized spacial score (nSPS) is 40.8. The number of aliphatic hydroxyl groups excluding tert-OH is 2. The summed E-state index contributed by atoms with van der Waals surface area (Å²) in [5.41, 5.74) is -1.74. The van der Waals surface area contributed by atoms with Gasteiger partial charge in [0.25, 0.3) is 5.56 Å². The summed E-state index contributed by atoms with van der Waals surface area (Å²) in [6.07, 6.45) is -4.60. The van der Waals surface area contributed by atoms with Crippen molar-refractivity contribution in [3.8, 4) is 0 Å². The summed E-state index contributed by atoms with van der Waals surface area (Å²) in [5.74, 6) is 0. The molecular formula is C12H19N2O14P3. The molecule has 3 heterocycles. The van der Waals surface area contributed by atoms with Crippen LogP contribution in [0.5, 0.6) is 0 Å². The summed E-state index contributed by atoms with van der Waals surface area (Å²) in [6.45, 7) is 1.12. The lowest BCUT2D eigenvalue weighted by Crippen LogP contribution is -2.36. The van der Waals surface area contributed by atoms with Crippen LogP contribution >= 0.6 is 23.5 Å². The molecule has 5 N–H and O–H groups in total. The summed E-state index contributed by atoms with van der Waals surface area (Å²) in [5, 5.41) is 20.5. The lowest BCUT2D eigenvalue weighted by atomic mass is 10.0. The Labute approximate surface area is 173 Å². The molecule has 0 saturated carbocycles. The monoisotopic (exact) mass is 508 g/mol. The summed E-state index contributed by atoms with van der Waals surface area (Å²) < 4.78 is 58.2. The Hall–Kier alpha value is -0.990. The molecule has 0 aliphatic carbocycles. The number of hydrogen-bond acceptors (Lipinski definition) is 12. The van der Waals surface area contributed by atoms with Gasteiger partial charge in [0.2, 0.25) is 0 Å². The van der Waals surface area contributed by atoms with Crippen LogP contribution in [0.1, 0.15) is 25.0 Å². The highest BCUT2D eigenvalue weighted by Gasteiger charge is 2.55. The summed E-state index contributed by atoms with van der Waals surface area (Å²) in [4.78, 5) is 44.4. The zero-order valence-corrected chi connectivity index (χ0v) is 18.4. The standard InChI is InChI=1S/C12H19N2O14P3/c1-2-3-14-4-6(11(17)13-12(14)18)10-9(16)8(15)7(25-10)5-24-31(23)27-29(19,20)26-30(21,22)28-31/h4,7-10,15-16H,2-3,5H2,1H3,(H,19,20)(H,21,22)(H,13,17,18)/t7-,8+,9?,10+/m1/s1. The maximum Gasteiger partial charge on any atom is 0.492 e. The van der Waals surface area contributed by atoms with Crippen molar-refractivity contribution in [1.82, 2.24) is 9.55 Å². The Morgan fingerprint density at radius 1 is 1.10 bits per heavy atom. The molecule has 0 amide bonds. The second kappa shape index (κ2) is 8.75. The molecule has 6 atom stereocenters. The van der Waals surface area contributed by atoms with Crippen LogP contribution in [0.4, 0.5) is 0 Å². The molecule has 2 aliphatic rings. The van der Waals surface area contributed by atoms with E-state index in [1.54, 1.807) is 6.92 Å². The van der Waals surface area contributed by atoms with Gasteiger partial charge in [0.15, 0.2) is 0 Å². The van der Waals surface area contributed by atoms with E-state index in [1.807, 2.05) is 0 Å². The largest absolute Gasteiger partial charge is 0.492 e. The van der Waals surface area contributed by atoms with Gasteiger partial charge in [-0.15, -0.1) is 0 Å². The van der Waals surface area contributed by atoms with Gasteiger partial charge < -0.3 is 29.3 Å². The predicted octanol–water partition coefficient (Wildman–Crippen LogP) is -0.503. The molecule has 3 rings (SSSR count). The van der Waals surface area contributed by atoms with E-state index >= 15 is 0 Å². The fourth-order valence-electron chi connectivity index (χ4n) is 2.92. The van der Waals surface area contributed by atoms with Crippen molar-refractivity contribution in [2.75, 3.05) is 6.61 Å². The maximum atomic E-state index is 12.3. The van der Waals surface area contributed by atoms with Gasteiger partial charge in [0.1, 0.15) is 24.4 Å². The van der Waals surface area contributed by atoms with Crippen LogP contribution in [-0.2, 0) is 42.4 Å². The molecule has 1 aromatic heterocycles. The predicted molar refractivity (Wildman–Crippen MR) is 97.7 cm³/mol. The molecule has 1 aromatic rings. The number of rotatable bonds is 6. The molecule has 2 fully saturated rings. The number of ether oxygens (including phenoxy) is 1. The molecule has 0 radical (unpaired) electrons. The highest BCUT2D eigenvalue weighted by Crippen LogP contribution is 2.80. The number of phosphoric acid groups is 3. The third kappa shape index (κ3) is 5.50. The van der Waals surface area contributed by atoms with E-state index in [0.29, 0.717) is 6.42 Å². The van der Waals surface area contributed by atoms with Crippen LogP contribution in [0.15, 0.2) is 15.8 Å². The molecule has 19 heteroatoms. The first-order valence-corrected chi connectivity index (χ1v) is 13.1. The van der Waals surface area contributed by atoms with Gasteiger partial charge in [-0.3, -0.25) is 14.3 Å². The van der Waals surface area contributed by atoms with Gasteiger partial charge in [-0.1, -0.05) is 6.92 Å². The molecule has 3 unspecified atom stereocenters. The maximum absolute atomic E-state index is 12.3. The molecule has 2 aliphatic heterocycles. The van der Waals surface area contributed by atoms with E-state index in [1.165, 1.54) is 4.57 Å². The van der Waals surface area contributed by atoms with Crippen molar-refractivity contribution < 1.29 is 55.9 Å². The lowest BCUT2D eigenvalue weighted by Gasteiger charge is -2.27. The summed E-state index contributed by atoms with van der Waals surface area (Å²) >= 11 is 0. The summed E-state index contributed by atoms with van der Waals surface area (Å²) in [6, 6.07) is 0. The number of aliphatic hydroxyl groups is 2. The van der Waals surface area contributed by atoms with Crippen LogP contribution < -0.4 is 11.2 Å². The average molecular weight is 508 g/mol. The average Bonchev–Trinajstić information content (AvgIpc) is 2.88. The van der Waals surface area contributed by atoms with Gasteiger partial charge in [0, 0.05) is 12.7 Å². The summed E-state index contributed by atoms with van der Waals surface area (Å²) in [7, 11) is -15.6. The zero-order valence-electron chi connectivity index (χ0n) is 15.7. The van der Waals surface area contributed by atoms with Gasteiger partial charge in [-0.2, -0.15) is 12.9 Å². The Bertz CT molecular complexity index is 1070. The fourth-order valence-corrected chi connectivity index (χ4v) is 7.85. The highest BCUT2D eigenvalue weighted by atomic mass is 31.3. The molecule has 0 bridgehead atoms. The number of nitrogens with zero attached hydrogens (tertiary/aromatic N) is 1. The van der Waals surface area contributed by atoms with Gasteiger partial charge in [0.05, 0.1) is 12.2 Å². The lowest BCUT2D eigenvalue weighted by molar-refractivity contribution is -0.0236. The number of nitrogens with one attached hydrogen (secondary N) is 1. The van der Waals surface area contributed by atoms with Gasteiger partial charge in [-0.05, 0) is 6.42 Å². The van der Waals surface area contributed by atoms with Crippen molar-refractivity contribution in [2.24, 2.45) is 0 Å². The van der Waals surface area contributed by atoms with Crippen LogP contribution in [-0.4, -0.2) is 54.5 Å². The Balaban J connectivity index is 1.78. The second-order valence-corrected chi connectivity index (χ2v) is 11.5. The van der Waals surface area contributed by atoms with E-state index in [2.05, 4.69) is 22.4 Å². The molecule has 31 heavy (non-hydrogen) atoms. The SMILES string of the molecule is CCCn1cc([C@@H]2O[C@H](COP3(=O)OP(=O)(O)OP(=O)(O)O3)[C@H](O)C2O)c(=O)[nH]c1=O. The minimum atomic E-state index is -5.26. The van der Waals surface area contributed by atoms with Crippen molar-refractivity contribution >= 4 is 23.5 Å². The Morgan fingerprint density at radius 3 is 2.29 bits per heavy atom. The van der Waals surface area contributed by atoms with E-state index in [-0.39, 0.29) is 12.1 Å². The van der Waals surface area contributed by atoms with Crippen LogP contribution in [0.2, 0.25) is 0 Å². The minimum absolute atomic E-state index is 0.188. The first kappa shape index (κ1) is 24.6. The quantitative estimate of drug-likeness (QED) is 0.305. The molecule has 0 aromatic carbocycles. The van der Waals surface area contributed by atoms with Crippen molar-refractivity contribution in [2.45, 2.75) is 44.3 Å². The van der Waals surface area contributed by atoms with Crippen LogP contribution in [0, 0.1) is 0 Å². The number of H-pyrrole nitrogens is 1. The van der Waals surface area contributed by atoms with Crippen molar-refractivity contribution in [3.63, 3.8) is 0 Å². The highest BCUT2D eigenvalue weighted by molar-refractivity contribution is 7.74. The van der Waals surface area contributed by atoms with E-state index in [4.69, 9.17) is 4.74 Å². The van der Waals surface area contributed by atoms with E-state index < -0.39 is 65.7 Å². The molecule has 0 spiro atoms. The van der Waals surface area contributed by atoms with Gasteiger partial charge in [-0.25, -0.2) is 18.5 Å². The van der Waals surface area contributed by atoms with Crippen LogP contribution in [0.3, 0.4) is 0 Å². The molecule has 16 nitrogen and oxygen atoms in total. The first-order chi connectivity index (χ1) is 14.3. The van der Waals surface area contributed by atoms with Crippen molar-refractivity contribution in [3.05, 3.63) is 32.6 Å². The third-order valence-electron chi connectivity index (χ3n) is 4.18. The number of aromatic nitrogens is 2.